The molecule has 204 valence electrons. The van der Waals surface area contributed by atoms with Gasteiger partial charge in [0, 0.05) is 23.9 Å². The van der Waals surface area contributed by atoms with Crippen LogP contribution in [0.1, 0.15) is 73.7 Å². The Morgan fingerprint density at radius 2 is 1.63 bits per heavy atom. The zero-order valence-electron chi connectivity index (χ0n) is 22.2. The third-order valence-electron chi connectivity index (χ3n) is 7.94. The molecule has 4 rings (SSSR count). The molecule has 7 nitrogen and oxygen atoms in total. The molecule has 2 saturated carbocycles. The largest absolute Gasteiger partial charge is 0.485 e. The number of amides is 2. The fourth-order valence-corrected chi connectivity index (χ4v) is 5.56. The Kier molecular flexibility index (Phi) is 10.3. The van der Waals surface area contributed by atoms with Gasteiger partial charge in [-0.05, 0) is 68.7 Å². The number of carbonyl (C=O) groups is 3. The maximum Gasteiger partial charge on any atom is 0.243 e. The van der Waals surface area contributed by atoms with Crippen LogP contribution in [-0.2, 0) is 16.0 Å². The molecule has 0 bridgehead atoms. The number of carbonyl (C=O) groups excluding carboxylic acids is 3. The molecule has 0 aromatic heterocycles. The Labute approximate surface area is 225 Å². The molecule has 2 aromatic carbocycles. The zero-order chi connectivity index (χ0) is 26.7. The SMILES string of the molecule is NCC1CCC(C(=O)NC(Cc2cccc(OCC(=O)c3ccccc3)c2)C(=O)NC2CCCCC2)CC1. The molecule has 2 aliphatic carbocycles. The Balaban J connectivity index is 1.40. The van der Waals surface area contributed by atoms with Crippen molar-refractivity contribution in [3.05, 3.63) is 65.7 Å². The molecule has 1 atom stereocenters. The molecular formula is C31H41N3O4. The van der Waals surface area contributed by atoms with Gasteiger partial charge in [-0.3, -0.25) is 14.4 Å². The second-order valence-electron chi connectivity index (χ2n) is 10.8. The van der Waals surface area contributed by atoms with Crippen molar-refractivity contribution < 1.29 is 19.1 Å². The smallest absolute Gasteiger partial charge is 0.243 e. The minimum atomic E-state index is -0.669. The first-order chi connectivity index (χ1) is 18.5. The van der Waals surface area contributed by atoms with Gasteiger partial charge >= 0.3 is 0 Å². The van der Waals surface area contributed by atoms with Crippen LogP contribution in [0.25, 0.3) is 0 Å². The third kappa shape index (κ3) is 8.15. The molecule has 7 heteroatoms. The standard InChI is InChI=1S/C31H41N3O4/c32-20-22-14-16-25(17-15-22)30(36)34-28(31(37)33-26-11-5-2-6-12-26)19-23-8-7-13-27(18-23)38-21-29(35)24-9-3-1-4-10-24/h1,3-4,7-10,13,18,22,25-26,28H,2,5-6,11-12,14-17,19-21,32H2,(H,33,37)(H,34,36). The normalized spacial score (nSPS) is 20.8. The van der Waals surface area contributed by atoms with E-state index in [9.17, 15) is 14.4 Å². The minimum Gasteiger partial charge on any atom is -0.485 e. The Bertz CT molecular complexity index is 1060. The quantitative estimate of drug-likeness (QED) is 0.386. The van der Waals surface area contributed by atoms with E-state index >= 15 is 0 Å². The summed E-state index contributed by atoms with van der Waals surface area (Å²) in [6, 6.07) is 16.0. The molecular weight excluding hydrogens is 478 g/mol. The third-order valence-corrected chi connectivity index (χ3v) is 7.94. The molecule has 2 amide bonds. The Morgan fingerprint density at radius 3 is 2.34 bits per heavy atom. The van der Waals surface area contributed by atoms with Gasteiger partial charge < -0.3 is 21.1 Å². The van der Waals surface area contributed by atoms with E-state index in [1.165, 1.54) is 6.42 Å². The molecule has 2 aromatic rings. The van der Waals surface area contributed by atoms with Crippen LogP contribution in [-0.4, -0.2) is 42.8 Å². The number of nitrogens with one attached hydrogen (secondary N) is 2. The van der Waals surface area contributed by atoms with E-state index in [0.717, 1.165) is 56.9 Å². The minimum absolute atomic E-state index is 0.0508. The van der Waals surface area contributed by atoms with Crippen molar-refractivity contribution in [2.45, 2.75) is 76.3 Å². The lowest BCUT2D eigenvalue weighted by atomic mass is 9.81. The first-order valence-electron chi connectivity index (χ1n) is 14.1. The first-order valence-corrected chi connectivity index (χ1v) is 14.1. The van der Waals surface area contributed by atoms with Gasteiger partial charge in [0.25, 0.3) is 0 Å². The predicted octanol–water partition coefficient (Wildman–Crippen LogP) is 4.19. The van der Waals surface area contributed by atoms with Crippen LogP contribution < -0.4 is 21.1 Å². The average Bonchev–Trinajstić information content (AvgIpc) is 2.96. The highest BCUT2D eigenvalue weighted by atomic mass is 16.5. The van der Waals surface area contributed by atoms with Gasteiger partial charge in [-0.15, -0.1) is 0 Å². The maximum atomic E-state index is 13.4. The summed E-state index contributed by atoms with van der Waals surface area (Å²) in [4.78, 5) is 39.0. The molecule has 0 aliphatic heterocycles. The van der Waals surface area contributed by atoms with Crippen LogP contribution in [0, 0.1) is 11.8 Å². The fraction of sp³-hybridized carbons (Fsp3) is 0.516. The fourth-order valence-electron chi connectivity index (χ4n) is 5.56. The number of rotatable bonds is 11. The van der Waals surface area contributed by atoms with Gasteiger partial charge in [0.2, 0.25) is 11.8 Å². The van der Waals surface area contributed by atoms with Crippen LogP contribution in [0.4, 0.5) is 0 Å². The van der Waals surface area contributed by atoms with Crippen molar-refractivity contribution in [2.24, 2.45) is 17.6 Å². The van der Waals surface area contributed by atoms with E-state index in [1.807, 2.05) is 36.4 Å². The van der Waals surface area contributed by atoms with Crippen molar-refractivity contribution in [3.8, 4) is 5.75 Å². The van der Waals surface area contributed by atoms with Crippen LogP contribution in [0.3, 0.4) is 0 Å². The zero-order valence-corrected chi connectivity index (χ0v) is 22.2. The van der Waals surface area contributed by atoms with E-state index in [2.05, 4.69) is 10.6 Å². The van der Waals surface area contributed by atoms with Crippen LogP contribution in [0.5, 0.6) is 5.75 Å². The summed E-state index contributed by atoms with van der Waals surface area (Å²) in [5.74, 6) is 0.681. The topological polar surface area (TPSA) is 111 Å². The average molecular weight is 520 g/mol. The van der Waals surface area contributed by atoms with Crippen molar-refractivity contribution in [3.63, 3.8) is 0 Å². The number of hydrogen-bond acceptors (Lipinski definition) is 5. The summed E-state index contributed by atoms with van der Waals surface area (Å²) < 4.78 is 5.78. The second-order valence-corrected chi connectivity index (χ2v) is 10.8. The number of benzene rings is 2. The summed E-state index contributed by atoms with van der Waals surface area (Å²) in [5.41, 5.74) is 7.29. The summed E-state index contributed by atoms with van der Waals surface area (Å²) in [5, 5.41) is 6.26. The number of hydrogen-bond donors (Lipinski definition) is 3. The lowest BCUT2D eigenvalue weighted by molar-refractivity contribution is -0.132. The highest BCUT2D eigenvalue weighted by molar-refractivity contribution is 5.97. The Morgan fingerprint density at radius 1 is 0.895 bits per heavy atom. The van der Waals surface area contributed by atoms with Crippen molar-refractivity contribution in [1.29, 1.82) is 0 Å². The first kappa shape index (κ1) is 27.8. The molecule has 0 heterocycles. The predicted molar refractivity (Wildman–Crippen MR) is 148 cm³/mol. The van der Waals surface area contributed by atoms with E-state index in [0.29, 0.717) is 30.2 Å². The molecule has 1 unspecified atom stereocenters. The van der Waals surface area contributed by atoms with Gasteiger partial charge in [-0.2, -0.15) is 0 Å². The van der Waals surface area contributed by atoms with E-state index in [4.69, 9.17) is 10.5 Å². The van der Waals surface area contributed by atoms with E-state index in [-0.39, 0.29) is 36.2 Å². The number of Topliss-reactive ketones (excluding diaryl/α,β-unsaturated/α-hetero) is 1. The van der Waals surface area contributed by atoms with Crippen molar-refractivity contribution >= 4 is 17.6 Å². The molecule has 38 heavy (non-hydrogen) atoms. The van der Waals surface area contributed by atoms with E-state index < -0.39 is 6.04 Å². The highest BCUT2D eigenvalue weighted by Gasteiger charge is 2.30. The molecule has 0 radical (unpaired) electrons. The van der Waals surface area contributed by atoms with Crippen molar-refractivity contribution in [1.82, 2.24) is 10.6 Å². The highest BCUT2D eigenvalue weighted by Crippen LogP contribution is 2.28. The molecule has 2 aliphatic rings. The number of ketones is 1. The van der Waals surface area contributed by atoms with Gasteiger partial charge in [0.05, 0.1) is 0 Å². The molecule has 2 fully saturated rings. The summed E-state index contributed by atoms with van der Waals surface area (Å²) in [6.45, 7) is 0.595. The van der Waals surface area contributed by atoms with Gasteiger partial charge in [0.15, 0.2) is 12.4 Å². The monoisotopic (exact) mass is 519 g/mol. The summed E-state index contributed by atoms with van der Waals surface area (Å²) >= 11 is 0. The van der Waals surface area contributed by atoms with Crippen LogP contribution in [0.2, 0.25) is 0 Å². The number of ether oxygens (including phenoxy) is 1. The molecule has 0 spiro atoms. The Hall–Kier alpha value is -3.19. The lowest BCUT2D eigenvalue weighted by Crippen LogP contribution is -2.52. The molecule has 4 N–H and O–H groups in total. The second kappa shape index (κ2) is 14.1. The van der Waals surface area contributed by atoms with Crippen LogP contribution >= 0.6 is 0 Å². The van der Waals surface area contributed by atoms with E-state index in [1.54, 1.807) is 18.2 Å². The summed E-state index contributed by atoms with van der Waals surface area (Å²) in [6.07, 6.45) is 9.28. The van der Waals surface area contributed by atoms with Crippen molar-refractivity contribution in [2.75, 3.05) is 13.2 Å². The lowest BCUT2D eigenvalue weighted by Gasteiger charge is -2.29. The van der Waals surface area contributed by atoms with Gasteiger partial charge in [0.1, 0.15) is 11.8 Å². The van der Waals surface area contributed by atoms with Crippen LogP contribution in [0.15, 0.2) is 54.6 Å². The number of nitrogens with two attached hydrogens (primary N) is 1. The maximum absolute atomic E-state index is 13.4. The van der Waals surface area contributed by atoms with Gasteiger partial charge in [-0.1, -0.05) is 61.7 Å². The molecule has 0 saturated heterocycles. The van der Waals surface area contributed by atoms with Gasteiger partial charge in [-0.25, -0.2) is 0 Å². The summed E-state index contributed by atoms with van der Waals surface area (Å²) in [7, 11) is 0.